The number of hydrogen-bond acceptors (Lipinski definition) is 7. The van der Waals surface area contributed by atoms with Crippen molar-refractivity contribution in [1.29, 1.82) is 0 Å². The zero-order valence-electron chi connectivity index (χ0n) is 13.0. The summed E-state index contributed by atoms with van der Waals surface area (Å²) in [6.07, 6.45) is 2.35. The summed E-state index contributed by atoms with van der Waals surface area (Å²) in [5.41, 5.74) is 0.397. The van der Waals surface area contributed by atoms with E-state index in [9.17, 15) is 14.4 Å². The molecule has 122 valence electrons. The Kier molecular flexibility index (Phi) is 7.06. The van der Waals surface area contributed by atoms with Gasteiger partial charge in [-0.25, -0.2) is 14.4 Å². The van der Waals surface area contributed by atoms with E-state index >= 15 is 0 Å². The minimum atomic E-state index is -0.835. The average molecular weight is 319 g/mol. The van der Waals surface area contributed by atoms with Crippen molar-refractivity contribution in [3.8, 4) is 0 Å². The molecule has 1 aromatic rings. The third-order valence-electron chi connectivity index (χ3n) is 2.65. The van der Waals surface area contributed by atoms with E-state index in [4.69, 9.17) is 0 Å². The van der Waals surface area contributed by atoms with Crippen LogP contribution in [0.4, 0.5) is 0 Å². The van der Waals surface area contributed by atoms with Gasteiger partial charge in [-0.2, -0.15) is 0 Å². The molecule has 1 aromatic carbocycles. The van der Waals surface area contributed by atoms with E-state index in [-0.39, 0.29) is 11.4 Å². The van der Waals surface area contributed by atoms with Crippen LogP contribution >= 0.6 is 0 Å². The minimum Gasteiger partial charge on any atom is -0.466 e. The summed E-state index contributed by atoms with van der Waals surface area (Å²) < 4.78 is 13.7. The maximum atomic E-state index is 11.9. The smallest absolute Gasteiger partial charge is 0.354 e. The molecule has 23 heavy (non-hydrogen) atoms. The Labute approximate surface area is 133 Å². The quantitative estimate of drug-likeness (QED) is 0.475. The molecule has 0 aromatic heterocycles. The number of ether oxygens (including phenoxy) is 3. The van der Waals surface area contributed by atoms with Gasteiger partial charge in [0.25, 0.3) is 0 Å². The highest BCUT2D eigenvalue weighted by atomic mass is 16.5. The highest BCUT2D eigenvalue weighted by Crippen LogP contribution is 2.08. The van der Waals surface area contributed by atoms with Crippen molar-refractivity contribution in [2.45, 2.75) is 0 Å². The van der Waals surface area contributed by atoms with E-state index in [1.165, 1.54) is 13.2 Å². The number of methoxy groups -OCH3 is 3. The molecular weight excluding hydrogens is 302 g/mol. The van der Waals surface area contributed by atoms with Crippen molar-refractivity contribution in [2.75, 3.05) is 21.3 Å². The van der Waals surface area contributed by atoms with Crippen LogP contribution in [-0.2, 0) is 28.6 Å². The second kappa shape index (κ2) is 9.04. The molecule has 0 bridgehead atoms. The average Bonchev–Trinajstić information content (AvgIpc) is 2.59. The van der Waals surface area contributed by atoms with Crippen molar-refractivity contribution in [3.05, 3.63) is 53.4 Å². The standard InChI is InChI=1S/C16H17NO6/c1-21-14(18)10-13(16(20)23-3)17-12(15(19)22-2)9-11-7-5-4-6-8-11/h4-10,17H,1-3H3/b12-9+,13-10+. The van der Waals surface area contributed by atoms with Crippen LogP contribution in [0.3, 0.4) is 0 Å². The van der Waals surface area contributed by atoms with E-state index in [0.717, 1.165) is 20.3 Å². The third kappa shape index (κ3) is 5.66. The first-order chi connectivity index (χ1) is 11.0. The van der Waals surface area contributed by atoms with Crippen molar-refractivity contribution in [2.24, 2.45) is 0 Å². The van der Waals surface area contributed by atoms with Gasteiger partial charge in [-0.1, -0.05) is 30.3 Å². The monoisotopic (exact) mass is 319 g/mol. The molecule has 0 unspecified atom stereocenters. The number of esters is 3. The molecule has 0 amide bonds. The Morgan fingerprint density at radius 2 is 1.43 bits per heavy atom. The van der Waals surface area contributed by atoms with Crippen LogP contribution in [0.5, 0.6) is 0 Å². The number of carbonyl (C=O) groups is 3. The predicted molar refractivity (Wildman–Crippen MR) is 81.7 cm³/mol. The molecule has 0 fully saturated rings. The second-order valence-electron chi connectivity index (χ2n) is 4.16. The van der Waals surface area contributed by atoms with Crippen molar-refractivity contribution >= 4 is 24.0 Å². The molecule has 7 heteroatoms. The highest BCUT2D eigenvalue weighted by molar-refractivity contribution is 5.99. The van der Waals surface area contributed by atoms with Crippen LogP contribution in [-0.4, -0.2) is 39.2 Å². The summed E-state index contributed by atoms with van der Waals surface area (Å²) >= 11 is 0. The van der Waals surface area contributed by atoms with Crippen LogP contribution in [0, 0.1) is 0 Å². The highest BCUT2D eigenvalue weighted by Gasteiger charge is 2.18. The largest absolute Gasteiger partial charge is 0.466 e. The minimum absolute atomic E-state index is 0.0424. The van der Waals surface area contributed by atoms with Gasteiger partial charge in [0.05, 0.1) is 27.4 Å². The lowest BCUT2D eigenvalue weighted by atomic mass is 10.2. The normalized spacial score (nSPS) is 11.4. The Bertz CT molecular complexity index is 633. The predicted octanol–water partition coefficient (Wildman–Crippen LogP) is 1.02. The number of carbonyl (C=O) groups excluding carboxylic acids is 3. The zero-order chi connectivity index (χ0) is 17.2. The lowest BCUT2D eigenvalue weighted by molar-refractivity contribution is -0.139. The first-order valence-corrected chi connectivity index (χ1v) is 6.51. The zero-order valence-corrected chi connectivity index (χ0v) is 13.0. The molecule has 0 spiro atoms. The lowest BCUT2D eigenvalue weighted by Crippen LogP contribution is -2.27. The fraction of sp³-hybridized carbons (Fsp3) is 0.188. The number of rotatable bonds is 6. The van der Waals surface area contributed by atoms with Gasteiger partial charge in [0, 0.05) is 0 Å². The lowest BCUT2D eigenvalue weighted by Gasteiger charge is -2.11. The fourth-order valence-electron chi connectivity index (χ4n) is 1.55. The van der Waals surface area contributed by atoms with Crippen molar-refractivity contribution in [3.63, 3.8) is 0 Å². The van der Waals surface area contributed by atoms with E-state index in [1.54, 1.807) is 24.3 Å². The topological polar surface area (TPSA) is 90.9 Å². The first-order valence-electron chi connectivity index (χ1n) is 6.51. The summed E-state index contributed by atoms with van der Waals surface area (Å²) in [5, 5.41) is 2.54. The SMILES string of the molecule is COC(=O)/C=C(/N/C(=C/c1ccccc1)C(=O)OC)C(=O)OC. The van der Waals surface area contributed by atoms with Crippen molar-refractivity contribution < 1.29 is 28.6 Å². The van der Waals surface area contributed by atoms with Gasteiger partial charge >= 0.3 is 17.9 Å². The van der Waals surface area contributed by atoms with Gasteiger partial charge in [0.2, 0.25) is 0 Å². The van der Waals surface area contributed by atoms with E-state index < -0.39 is 17.9 Å². The van der Waals surface area contributed by atoms with Gasteiger partial charge in [0.1, 0.15) is 11.4 Å². The van der Waals surface area contributed by atoms with E-state index in [1.807, 2.05) is 6.07 Å². The molecule has 1 N–H and O–H groups in total. The summed E-state index contributed by atoms with van der Waals surface area (Å²) in [6.45, 7) is 0. The molecule has 7 nitrogen and oxygen atoms in total. The number of nitrogens with one attached hydrogen (secondary N) is 1. The molecule has 0 radical (unpaired) electrons. The third-order valence-corrected chi connectivity index (χ3v) is 2.65. The second-order valence-corrected chi connectivity index (χ2v) is 4.16. The van der Waals surface area contributed by atoms with Crippen molar-refractivity contribution in [1.82, 2.24) is 5.32 Å². The Morgan fingerprint density at radius 1 is 0.870 bits per heavy atom. The Morgan fingerprint density at radius 3 is 1.96 bits per heavy atom. The van der Waals surface area contributed by atoms with Crippen LogP contribution < -0.4 is 5.32 Å². The maximum Gasteiger partial charge on any atom is 0.354 e. The fourth-order valence-corrected chi connectivity index (χ4v) is 1.55. The van der Waals surface area contributed by atoms with Gasteiger partial charge < -0.3 is 19.5 Å². The molecular formula is C16H17NO6. The van der Waals surface area contributed by atoms with E-state index in [2.05, 4.69) is 19.5 Å². The molecule has 0 aliphatic carbocycles. The van der Waals surface area contributed by atoms with Crippen LogP contribution in [0.2, 0.25) is 0 Å². The van der Waals surface area contributed by atoms with Crippen LogP contribution in [0.15, 0.2) is 47.8 Å². The summed E-state index contributed by atoms with van der Waals surface area (Å²) in [6, 6.07) is 8.90. The molecule has 0 aliphatic rings. The Balaban J connectivity index is 3.18. The molecule has 0 saturated carbocycles. The van der Waals surface area contributed by atoms with Gasteiger partial charge in [-0.3, -0.25) is 0 Å². The Hall–Kier alpha value is -3.09. The maximum absolute atomic E-state index is 11.9. The van der Waals surface area contributed by atoms with Crippen LogP contribution in [0.1, 0.15) is 5.56 Å². The van der Waals surface area contributed by atoms with Crippen LogP contribution in [0.25, 0.3) is 6.08 Å². The summed E-state index contributed by atoms with van der Waals surface area (Å²) in [4.78, 5) is 34.9. The van der Waals surface area contributed by atoms with Gasteiger partial charge in [0.15, 0.2) is 0 Å². The molecule has 0 aliphatic heterocycles. The number of hydrogen-bond donors (Lipinski definition) is 1. The number of benzene rings is 1. The molecule has 1 rings (SSSR count). The van der Waals surface area contributed by atoms with Gasteiger partial charge in [-0.15, -0.1) is 0 Å². The van der Waals surface area contributed by atoms with E-state index in [0.29, 0.717) is 5.56 Å². The summed E-state index contributed by atoms with van der Waals surface area (Å²) in [5.74, 6) is -2.33. The summed E-state index contributed by atoms with van der Waals surface area (Å²) in [7, 11) is 3.51. The molecule has 0 atom stereocenters. The molecule has 0 saturated heterocycles. The molecule has 0 heterocycles. The van der Waals surface area contributed by atoms with Gasteiger partial charge in [-0.05, 0) is 11.6 Å². The first kappa shape index (κ1) is 18.0.